The average molecular weight is 313 g/mol. The molecule has 0 heterocycles. The minimum atomic E-state index is -0.375. The van der Waals surface area contributed by atoms with Crippen molar-refractivity contribution in [2.45, 2.75) is 13.1 Å². The summed E-state index contributed by atoms with van der Waals surface area (Å²) in [6, 6.07) is 14.6. The van der Waals surface area contributed by atoms with Crippen molar-refractivity contribution in [2.75, 3.05) is 14.2 Å². The lowest BCUT2D eigenvalue weighted by Crippen LogP contribution is -2.20. The Hall–Kier alpha value is -2.82. The first-order valence-corrected chi connectivity index (χ1v) is 7.16. The maximum atomic E-state index is 11.4. The Morgan fingerprint density at radius 3 is 2.35 bits per heavy atom. The standard InChI is InChI=1S/C18H19NO4/c1-22-17-5-3-4-15(10-17)12-19(13-20)11-14-6-8-16(9-7-14)18(21)23-2/h3-10,13H,11-12H2,1-2H3. The maximum absolute atomic E-state index is 11.4. The van der Waals surface area contributed by atoms with Gasteiger partial charge in [-0.25, -0.2) is 4.79 Å². The summed E-state index contributed by atoms with van der Waals surface area (Å²) in [5.74, 6) is 0.385. The topological polar surface area (TPSA) is 55.8 Å². The number of carbonyl (C=O) groups is 2. The molecule has 0 aliphatic rings. The summed E-state index contributed by atoms with van der Waals surface area (Å²) in [6.45, 7) is 0.946. The van der Waals surface area contributed by atoms with Gasteiger partial charge in [-0.1, -0.05) is 24.3 Å². The molecule has 1 amide bonds. The second-order valence-electron chi connectivity index (χ2n) is 5.05. The van der Waals surface area contributed by atoms with E-state index in [1.807, 2.05) is 36.4 Å². The summed E-state index contributed by atoms with van der Waals surface area (Å²) in [5, 5.41) is 0. The summed E-state index contributed by atoms with van der Waals surface area (Å²) < 4.78 is 9.85. The number of esters is 1. The third-order valence-corrected chi connectivity index (χ3v) is 3.43. The minimum Gasteiger partial charge on any atom is -0.497 e. The van der Waals surface area contributed by atoms with Gasteiger partial charge in [0.25, 0.3) is 0 Å². The molecule has 120 valence electrons. The van der Waals surface area contributed by atoms with Gasteiger partial charge in [0.1, 0.15) is 5.75 Å². The molecule has 0 fully saturated rings. The first-order chi connectivity index (χ1) is 11.2. The fourth-order valence-electron chi connectivity index (χ4n) is 2.23. The van der Waals surface area contributed by atoms with Crippen molar-refractivity contribution in [3.8, 4) is 5.75 Å². The number of hydrogen-bond acceptors (Lipinski definition) is 4. The largest absolute Gasteiger partial charge is 0.497 e. The first kappa shape index (κ1) is 16.5. The van der Waals surface area contributed by atoms with Gasteiger partial charge in [0, 0.05) is 13.1 Å². The third-order valence-electron chi connectivity index (χ3n) is 3.43. The fourth-order valence-corrected chi connectivity index (χ4v) is 2.23. The van der Waals surface area contributed by atoms with Crippen LogP contribution < -0.4 is 4.74 Å². The lowest BCUT2D eigenvalue weighted by Gasteiger charge is -2.18. The van der Waals surface area contributed by atoms with E-state index in [1.54, 1.807) is 24.1 Å². The van der Waals surface area contributed by atoms with Crippen molar-refractivity contribution in [1.82, 2.24) is 4.90 Å². The van der Waals surface area contributed by atoms with Gasteiger partial charge in [-0.3, -0.25) is 4.79 Å². The molecule has 0 aliphatic carbocycles. The molecule has 0 spiro atoms. The zero-order chi connectivity index (χ0) is 16.7. The van der Waals surface area contributed by atoms with Crippen molar-refractivity contribution >= 4 is 12.4 Å². The number of methoxy groups -OCH3 is 2. The van der Waals surface area contributed by atoms with E-state index < -0.39 is 0 Å². The second kappa shape index (κ2) is 7.98. The Bertz CT molecular complexity index is 667. The quantitative estimate of drug-likeness (QED) is 0.582. The number of amides is 1. The minimum absolute atomic E-state index is 0.375. The number of rotatable bonds is 7. The van der Waals surface area contributed by atoms with Crippen LogP contribution in [0.3, 0.4) is 0 Å². The monoisotopic (exact) mass is 313 g/mol. The molecule has 2 rings (SSSR count). The first-order valence-electron chi connectivity index (χ1n) is 7.16. The lowest BCUT2D eigenvalue weighted by atomic mass is 10.1. The van der Waals surface area contributed by atoms with Crippen LogP contribution in [0.1, 0.15) is 21.5 Å². The van der Waals surface area contributed by atoms with Crippen LogP contribution in [-0.4, -0.2) is 31.5 Å². The predicted molar refractivity (Wildman–Crippen MR) is 86.1 cm³/mol. The Balaban J connectivity index is 2.04. The van der Waals surface area contributed by atoms with Crippen molar-refractivity contribution < 1.29 is 19.1 Å². The van der Waals surface area contributed by atoms with E-state index in [4.69, 9.17) is 4.74 Å². The number of carbonyl (C=O) groups excluding carboxylic acids is 2. The van der Waals surface area contributed by atoms with E-state index in [0.717, 1.165) is 23.3 Å². The van der Waals surface area contributed by atoms with Crippen molar-refractivity contribution in [2.24, 2.45) is 0 Å². The van der Waals surface area contributed by atoms with Gasteiger partial charge in [0.15, 0.2) is 0 Å². The summed E-state index contributed by atoms with van der Waals surface area (Å²) in [4.78, 5) is 24.4. The van der Waals surface area contributed by atoms with Crippen molar-refractivity contribution in [3.05, 3.63) is 65.2 Å². The van der Waals surface area contributed by atoms with Gasteiger partial charge < -0.3 is 14.4 Å². The molecule has 0 N–H and O–H groups in total. The molecule has 0 unspecified atom stereocenters. The molecule has 2 aromatic carbocycles. The van der Waals surface area contributed by atoms with Crippen LogP contribution in [0.5, 0.6) is 5.75 Å². The van der Waals surface area contributed by atoms with E-state index >= 15 is 0 Å². The second-order valence-corrected chi connectivity index (χ2v) is 5.05. The van der Waals surface area contributed by atoms with Crippen LogP contribution in [0.25, 0.3) is 0 Å². The summed E-state index contributed by atoms with van der Waals surface area (Å²) in [7, 11) is 2.96. The number of nitrogens with zero attached hydrogens (tertiary/aromatic N) is 1. The smallest absolute Gasteiger partial charge is 0.337 e. The molecule has 5 heteroatoms. The van der Waals surface area contributed by atoms with Crippen LogP contribution in [0, 0.1) is 0 Å². The Morgan fingerprint density at radius 1 is 1.04 bits per heavy atom. The molecular formula is C18H19NO4. The molecule has 5 nitrogen and oxygen atoms in total. The molecule has 23 heavy (non-hydrogen) atoms. The maximum Gasteiger partial charge on any atom is 0.337 e. The molecular weight excluding hydrogens is 294 g/mol. The summed E-state index contributed by atoms with van der Waals surface area (Å²) >= 11 is 0. The number of benzene rings is 2. The number of hydrogen-bond donors (Lipinski definition) is 0. The van der Waals surface area contributed by atoms with E-state index in [9.17, 15) is 9.59 Å². The predicted octanol–water partition coefficient (Wildman–Crippen LogP) is 2.64. The highest BCUT2D eigenvalue weighted by Gasteiger charge is 2.08. The van der Waals surface area contributed by atoms with E-state index in [-0.39, 0.29) is 5.97 Å². The molecule has 0 radical (unpaired) electrons. The fraction of sp³-hybridized carbons (Fsp3) is 0.222. The lowest BCUT2D eigenvalue weighted by molar-refractivity contribution is -0.119. The summed E-state index contributed by atoms with van der Waals surface area (Å²) in [5.41, 5.74) is 2.41. The van der Waals surface area contributed by atoms with Gasteiger partial charge in [-0.2, -0.15) is 0 Å². The zero-order valence-corrected chi connectivity index (χ0v) is 13.2. The molecule has 0 aliphatic heterocycles. The Kier molecular flexibility index (Phi) is 5.74. The molecule has 0 bridgehead atoms. The normalized spacial score (nSPS) is 10.0. The molecule has 0 saturated carbocycles. The van der Waals surface area contributed by atoms with E-state index in [2.05, 4.69) is 4.74 Å². The molecule has 0 aromatic heterocycles. The van der Waals surface area contributed by atoms with Gasteiger partial charge in [0.2, 0.25) is 6.41 Å². The van der Waals surface area contributed by atoms with Crippen LogP contribution in [0.2, 0.25) is 0 Å². The molecule has 2 aromatic rings. The highest BCUT2D eigenvalue weighted by molar-refractivity contribution is 5.89. The zero-order valence-electron chi connectivity index (χ0n) is 13.2. The highest BCUT2D eigenvalue weighted by Crippen LogP contribution is 2.15. The summed E-state index contributed by atoms with van der Waals surface area (Å²) in [6.07, 6.45) is 0.813. The van der Waals surface area contributed by atoms with Crippen molar-refractivity contribution in [1.29, 1.82) is 0 Å². The molecule has 0 atom stereocenters. The van der Waals surface area contributed by atoms with Gasteiger partial charge in [0.05, 0.1) is 19.8 Å². The van der Waals surface area contributed by atoms with E-state index in [0.29, 0.717) is 18.7 Å². The SMILES string of the molecule is COC(=O)c1ccc(CN(C=O)Cc2cccc(OC)c2)cc1. The van der Waals surface area contributed by atoms with Gasteiger partial charge in [-0.05, 0) is 35.4 Å². The third kappa shape index (κ3) is 4.57. The average Bonchev–Trinajstić information content (AvgIpc) is 2.61. The van der Waals surface area contributed by atoms with Gasteiger partial charge >= 0.3 is 5.97 Å². The number of ether oxygens (including phenoxy) is 2. The van der Waals surface area contributed by atoms with Crippen LogP contribution in [-0.2, 0) is 22.6 Å². The Morgan fingerprint density at radius 2 is 1.74 bits per heavy atom. The molecule has 0 saturated heterocycles. The van der Waals surface area contributed by atoms with Crippen LogP contribution in [0.15, 0.2) is 48.5 Å². The van der Waals surface area contributed by atoms with E-state index in [1.165, 1.54) is 7.11 Å². The highest BCUT2D eigenvalue weighted by atomic mass is 16.5. The van der Waals surface area contributed by atoms with Crippen LogP contribution >= 0.6 is 0 Å². The van der Waals surface area contributed by atoms with Crippen molar-refractivity contribution in [3.63, 3.8) is 0 Å². The van der Waals surface area contributed by atoms with Gasteiger partial charge in [-0.15, -0.1) is 0 Å². The van der Waals surface area contributed by atoms with Crippen LogP contribution in [0.4, 0.5) is 0 Å². The Labute approximate surface area is 135 Å².